The van der Waals surface area contributed by atoms with Gasteiger partial charge >= 0.3 is 0 Å². The third kappa shape index (κ3) is 3.26. The van der Waals surface area contributed by atoms with Crippen molar-refractivity contribution in [1.82, 2.24) is 4.57 Å². The van der Waals surface area contributed by atoms with Gasteiger partial charge in [0.15, 0.2) is 0 Å². The van der Waals surface area contributed by atoms with Gasteiger partial charge in [0.25, 0.3) is 5.91 Å². The average Bonchev–Trinajstić information content (AvgIpc) is 3.07. The van der Waals surface area contributed by atoms with Crippen LogP contribution in [-0.2, 0) is 16.1 Å². The third-order valence-electron chi connectivity index (χ3n) is 4.73. The zero-order chi connectivity index (χ0) is 19.5. The van der Waals surface area contributed by atoms with Gasteiger partial charge < -0.3 is 9.88 Å². The lowest BCUT2D eigenvalue weighted by molar-refractivity contribution is -0.119. The van der Waals surface area contributed by atoms with Crippen LogP contribution < -0.4 is 10.2 Å². The van der Waals surface area contributed by atoms with E-state index >= 15 is 0 Å². The number of fused-ring (bicyclic) bond motifs is 2. The molecule has 0 atom stereocenters. The topological polar surface area (TPSA) is 78.1 Å². The lowest BCUT2D eigenvalue weighted by atomic mass is 10.1. The van der Waals surface area contributed by atoms with Gasteiger partial charge in [0.2, 0.25) is 5.91 Å². The van der Waals surface area contributed by atoms with Crippen molar-refractivity contribution in [1.29, 1.82) is 5.26 Å². The van der Waals surface area contributed by atoms with Crippen molar-refractivity contribution in [2.75, 3.05) is 16.8 Å². The van der Waals surface area contributed by atoms with Crippen LogP contribution >= 0.6 is 0 Å². The summed E-state index contributed by atoms with van der Waals surface area (Å²) in [6, 6.07) is 17.3. The van der Waals surface area contributed by atoms with Gasteiger partial charge in [0, 0.05) is 35.3 Å². The number of nitrogens with zero attached hydrogens (tertiary/aromatic N) is 3. The van der Waals surface area contributed by atoms with Crippen LogP contribution in [0.15, 0.2) is 60.8 Å². The molecule has 138 valence electrons. The minimum atomic E-state index is -0.254. The number of anilines is 2. The van der Waals surface area contributed by atoms with Crippen LogP contribution in [0.3, 0.4) is 0 Å². The smallest absolute Gasteiger partial charge is 0.251 e. The Morgan fingerprint density at radius 3 is 2.82 bits per heavy atom. The fourth-order valence-corrected chi connectivity index (χ4v) is 3.44. The Hall–Kier alpha value is -3.85. The molecule has 0 radical (unpaired) electrons. The second-order valence-corrected chi connectivity index (χ2v) is 6.53. The molecule has 28 heavy (non-hydrogen) atoms. The van der Waals surface area contributed by atoms with Gasteiger partial charge in [-0.15, -0.1) is 0 Å². The van der Waals surface area contributed by atoms with Gasteiger partial charge in [-0.05, 0) is 24.3 Å². The SMILES string of the molecule is N#CCCn1cc(/C=C/C(=O)N2CC(=O)Nc3ccccc32)c2ccccc21. The quantitative estimate of drug-likeness (QED) is 0.714. The average molecular weight is 370 g/mol. The van der Waals surface area contributed by atoms with Crippen LogP contribution in [0.25, 0.3) is 17.0 Å². The van der Waals surface area contributed by atoms with E-state index in [4.69, 9.17) is 5.26 Å². The molecule has 1 aliphatic heterocycles. The number of aryl methyl sites for hydroxylation is 1. The van der Waals surface area contributed by atoms with Crippen LogP contribution in [0.4, 0.5) is 11.4 Å². The Bertz CT molecular complexity index is 1140. The summed E-state index contributed by atoms with van der Waals surface area (Å²) in [5, 5.41) is 12.7. The second kappa shape index (κ2) is 7.41. The van der Waals surface area contributed by atoms with Gasteiger partial charge in [0.05, 0.1) is 23.9 Å². The van der Waals surface area contributed by atoms with E-state index in [1.165, 1.54) is 11.0 Å². The molecule has 2 aromatic carbocycles. The number of hydrogen-bond donors (Lipinski definition) is 1. The van der Waals surface area contributed by atoms with Crippen LogP contribution in [0.5, 0.6) is 0 Å². The molecule has 1 aromatic heterocycles. The predicted molar refractivity (Wildman–Crippen MR) is 109 cm³/mol. The lowest BCUT2D eigenvalue weighted by Gasteiger charge is -2.28. The molecule has 0 saturated carbocycles. The molecule has 0 spiro atoms. The normalized spacial score (nSPS) is 13.4. The predicted octanol–water partition coefficient (Wildman–Crippen LogP) is 3.55. The summed E-state index contributed by atoms with van der Waals surface area (Å²) in [4.78, 5) is 26.2. The Balaban J connectivity index is 1.64. The highest BCUT2D eigenvalue weighted by atomic mass is 16.2. The first-order valence-corrected chi connectivity index (χ1v) is 9.00. The highest BCUT2D eigenvalue weighted by molar-refractivity contribution is 6.14. The second-order valence-electron chi connectivity index (χ2n) is 6.53. The molecular formula is C22H18N4O2. The summed E-state index contributed by atoms with van der Waals surface area (Å²) >= 11 is 0. The Kier molecular flexibility index (Phi) is 4.65. The molecule has 6 heteroatoms. The molecule has 2 heterocycles. The number of nitrogens with one attached hydrogen (secondary N) is 1. The Morgan fingerprint density at radius 2 is 1.96 bits per heavy atom. The first kappa shape index (κ1) is 17.6. The van der Waals surface area contributed by atoms with Gasteiger partial charge in [-0.25, -0.2) is 0 Å². The summed E-state index contributed by atoms with van der Waals surface area (Å²) in [5.74, 6) is -0.468. The van der Waals surface area contributed by atoms with E-state index in [9.17, 15) is 9.59 Å². The summed E-state index contributed by atoms with van der Waals surface area (Å²) < 4.78 is 2.02. The molecule has 0 fully saturated rings. The maximum atomic E-state index is 12.8. The van der Waals surface area contributed by atoms with E-state index in [-0.39, 0.29) is 18.4 Å². The van der Waals surface area contributed by atoms with E-state index in [1.807, 2.05) is 53.2 Å². The highest BCUT2D eigenvalue weighted by Crippen LogP contribution is 2.29. The Morgan fingerprint density at radius 1 is 1.18 bits per heavy atom. The monoisotopic (exact) mass is 370 g/mol. The molecule has 4 rings (SSSR count). The van der Waals surface area contributed by atoms with Crippen LogP contribution in [0.2, 0.25) is 0 Å². The summed E-state index contributed by atoms with van der Waals surface area (Å²) in [7, 11) is 0. The molecule has 0 saturated heterocycles. The number of hydrogen-bond acceptors (Lipinski definition) is 3. The van der Waals surface area contributed by atoms with Crippen molar-refractivity contribution in [3.63, 3.8) is 0 Å². The number of benzene rings is 2. The number of amides is 2. The van der Waals surface area contributed by atoms with E-state index in [0.717, 1.165) is 16.5 Å². The minimum absolute atomic E-state index is 0.00981. The van der Waals surface area contributed by atoms with Gasteiger partial charge in [-0.2, -0.15) is 5.26 Å². The van der Waals surface area contributed by atoms with Crippen LogP contribution in [0, 0.1) is 11.3 Å². The maximum Gasteiger partial charge on any atom is 0.251 e. The molecule has 1 aliphatic rings. The lowest BCUT2D eigenvalue weighted by Crippen LogP contribution is -2.41. The fraction of sp³-hybridized carbons (Fsp3) is 0.136. The van der Waals surface area contributed by atoms with Gasteiger partial charge in [0.1, 0.15) is 6.54 Å². The zero-order valence-corrected chi connectivity index (χ0v) is 15.1. The minimum Gasteiger partial charge on any atom is -0.346 e. The van der Waals surface area contributed by atoms with Crippen molar-refractivity contribution in [2.24, 2.45) is 0 Å². The zero-order valence-electron chi connectivity index (χ0n) is 15.1. The number of rotatable bonds is 4. The number of aromatic nitrogens is 1. The fourth-order valence-electron chi connectivity index (χ4n) is 3.44. The largest absolute Gasteiger partial charge is 0.346 e. The van der Waals surface area contributed by atoms with Gasteiger partial charge in [-0.3, -0.25) is 14.5 Å². The molecule has 0 bridgehead atoms. The molecule has 0 unspecified atom stereocenters. The molecule has 2 amide bonds. The molecular weight excluding hydrogens is 352 g/mol. The summed E-state index contributed by atoms with van der Waals surface area (Å²) in [6.45, 7) is 0.586. The number of carbonyl (C=O) groups is 2. The van der Waals surface area contributed by atoms with Crippen molar-refractivity contribution in [2.45, 2.75) is 13.0 Å². The highest BCUT2D eigenvalue weighted by Gasteiger charge is 2.25. The Labute approximate surface area is 162 Å². The van der Waals surface area contributed by atoms with E-state index in [0.29, 0.717) is 24.3 Å². The van der Waals surface area contributed by atoms with Crippen molar-refractivity contribution >= 4 is 40.2 Å². The summed E-state index contributed by atoms with van der Waals surface area (Å²) in [5.41, 5.74) is 3.24. The first-order chi connectivity index (χ1) is 13.7. The third-order valence-corrected chi connectivity index (χ3v) is 4.73. The van der Waals surface area contributed by atoms with Crippen molar-refractivity contribution in [3.05, 3.63) is 66.4 Å². The first-order valence-electron chi connectivity index (χ1n) is 9.00. The number of para-hydroxylation sites is 3. The van der Waals surface area contributed by atoms with E-state index < -0.39 is 0 Å². The van der Waals surface area contributed by atoms with E-state index in [2.05, 4.69) is 11.4 Å². The summed E-state index contributed by atoms with van der Waals surface area (Å²) in [6.07, 6.45) is 5.62. The van der Waals surface area contributed by atoms with Gasteiger partial charge in [-0.1, -0.05) is 30.3 Å². The standard InChI is InChI=1S/C22H18N4O2/c23-12-5-13-25-14-16(17-6-1-3-8-19(17)25)10-11-22(28)26-15-21(27)24-18-7-2-4-9-20(18)26/h1-4,6-11,14H,5,13,15H2,(H,24,27)/b11-10+. The van der Waals surface area contributed by atoms with Crippen molar-refractivity contribution in [3.8, 4) is 6.07 Å². The van der Waals surface area contributed by atoms with E-state index in [1.54, 1.807) is 12.1 Å². The molecule has 3 aromatic rings. The number of nitriles is 1. The van der Waals surface area contributed by atoms with Crippen LogP contribution in [-0.4, -0.2) is 22.9 Å². The molecule has 0 aliphatic carbocycles. The van der Waals surface area contributed by atoms with Crippen molar-refractivity contribution < 1.29 is 9.59 Å². The molecule has 6 nitrogen and oxygen atoms in total. The number of carbonyl (C=O) groups excluding carboxylic acids is 2. The molecule has 1 N–H and O–H groups in total. The maximum absolute atomic E-state index is 12.8. The van der Waals surface area contributed by atoms with Crippen LogP contribution in [0.1, 0.15) is 12.0 Å².